The maximum Gasteiger partial charge on any atom is 0.205 e. The number of phenols is 2. The molecule has 4 atom stereocenters. The number of ether oxygens (including phenoxy) is 1. The Balaban J connectivity index is 1.62. The molecule has 2 N–H and O–H groups in total. The lowest BCUT2D eigenvalue weighted by atomic mass is 9.63. The molecule has 4 unspecified atom stereocenters. The van der Waals surface area contributed by atoms with Crippen LogP contribution in [-0.4, -0.2) is 28.4 Å². The summed E-state index contributed by atoms with van der Waals surface area (Å²) in [5.41, 5.74) is 1.75. The van der Waals surface area contributed by atoms with Gasteiger partial charge >= 0.3 is 0 Å². The van der Waals surface area contributed by atoms with Crippen molar-refractivity contribution in [2.75, 3.05) is 0 Å². The zero-order chi connectivity index (χ0) is 25.3. The van der Waals surface area contributed by atoms with Gasteiger partial charge in [-0.05, 0) is 54.5 Å². The normalized spacial score (nSPS) is 25.9. The van der Waals surface area contributed by atoms with Crippen LogP contribution in [0.25, 0.3) is 0 Å². The third-order valence-electron chi connectivity index (χ3n) is 7.77. The maximum atomic E-state index is 10.3. The van der Waals surface area contributed by atoms with Gasteiger partial charge in [0.05, 0.1) is 6.04 Å². The molecule has 1 aliphatic heterocycles. The van der Waals surface area contributed by atoms with Crippen molar-refractivity contribution in [3.05, 3.63) is 89.5 Å². The zero-order valence-electron chi connectivity index (χ0n) is 21.1. The largest absolute Gasteiger partial charge is 0.507 e. The Morgan fingerprint density at radius 1 is 0.861 bits per heavy atom. The van der Waals surface area contributed by atoms with Crippen LogP contribution >= 0.6 is 0 Å². The summed E-state index contributed by atoms with van der Waals surface area (Å²) in [5.74, 6) is 1.68. The van der Waals surface area contributed by atoms with Gasteiger partial charge in [0.25, 0.3) is 0 Å². The lowest BCUT2D eigenvalue weighted by Crippen LogP contribution is -2.52. The smallest absolute Gasteiger partial charge is 0.205 e. The van der Waals surface area contributed by atoms with Crippen LogP contribution in [0.4, 0.5) is 0 Å². The van der Waals surface area contributed by atoms with Gasteiger partial charge in [-0.1, -0.05) is 63.2 Å². The lowest BCUT2D eigenvalue weighted by molar-refractivity contribution is -0.0717. The number of para-hydroxylation sites is 3. The first kappa shape index (κ1) is 24.1. The summed E-state index contributed by atoms with van der Waals surface area (Å²) in [4.78, 5) is 10.2. The monoisotopic (exact) mass is 482 g/mol. The molecule has 0 aromatic heterocycles. The minimum atomic E-state index is -0.793. The van der Waals surface area contributed by atoms with Gasteiger partial charge in [-0.25, -0.2) is 4.99 Å². The second-order valence-corrected chi connectivity index (χ2v) is 11.0. The van der Waals surface area contributed by atoms with Gasteiger partial charge in [-0.2, -0.15) is 0 Å². The fraction of sp³-hybridized carbons (Fsp3) is 0.355. The van der Waals surface area contributed by atoms with Crippen molar-refractivity contribution >= 4 is 12.4 Å². The molecule has 1 fully saturated rings. The number of phenolic OH excluding ortho intramolecular Hbond substituents is 2. The van der Waals surface area contributed by atoms with E-state index in [1.807, 2.05) is 48.5 Å². The van der Waals surface area contributed by atoms with Crippen molar-refractivity contribution in [3.8, 4) is 17.2 Å². The number of hydrogen-bond donors (Lipinski definition) is 2. The van der Waals surface area contributed by atoms with Crippen molar-refractivity contribution in [1.82, 2.24) is 0 Å². The van der Waals surface area contributed by atoms with Crippen LogP contribution in [0.5, 0.6) is 17.2 Å². The molecule has 0 amide bonds. The van der Waals surface area contributed by atoms with E-state index in [2.05, 4.69) is 26.8 Å². The van der Waals surface area contributed by atoms with Gasteiger partial charge < -0.3 is 14.9 Å². The van der Waals surface area contributed by atoms with Crippen LogP contribution in [0, 0.1) is 17.3 Å². The molecule has 5 rings (SSSR count). The summed E-state index contributed by atoms with van der Waals surface area (Å²) in [6.45, 7) is 6.90. The summed E-state index contributed by atoms with van der Waals surface area (Å²) in [7, 11) is 0. The summed E-state index contributed by atoms with van der Waals surface area (Å²) in [5, 5.41) is 20.7. The van der Waals surface area contributed by atoms with E-state index < -0.39 is 5.72 Å². The number of aromatic hydroxyl groups is 2. The van der Waals surface area contributed by atoms with Crippen LogP contribution in [0.15, 0.2) is 82.8 Å². The highest BCUT2D eigenvalue weighted by molar-refractivity contribution is 5.84. The number of aliphatic imine (C=N–C) groups is 2. The molecule has 0 radical (unpaired) electrons. The van der Waals surface area contributed by atoms with E-state index in [1.54, 1.807) is 30.6 Å². The Labute approximate surface area is 213 Å². The topological polar surface area (TPSA) is 74.4 Å². The number of hydrogen-bond acceptors (Lipinski definition) is 5. The summed E-state index contributed by atoms with van der Waals surface area (Å²) in [6, 6.07) is 22.4. The molecule has 0 bridgehead atoms. The average molecular weight is 483 g/mol. The quantitative estimate of drug-likeness (QED) is 0.396. The molecule has 36 heavy (non-hydrogen) atoms. The third-order valence-corrected chi connectivity index (χ3v) is 7.77. The van der Waals surface area contributed by atoms with E-state index in [0.717, 1.165) is 30.6 Å². The minimum absolute atomic E-state index is 0.00501. The van der Waals surface area contributed by atoms with Crippen LogP contribution in [0.3, 0.4) is 0 Å². The fourth-order valence-corrected chi connectivity index (χ4v) is 5.59. The molecule has 0 spiro atoms. The van der Waals surface area contributed by atoms with Crippen LogP contribution in [0.1, 0.15) is 62.8 Å². The number of rotatable bonds is 4. The Kier molecular flexibility index (Phi) is 6.33. The summed E-state index contributed by atoms with van der Waals surface area (Å²) in [6.07, 6.45) is 6.20. The molecule has 5 nitrogen and oxygen atoms in total. The van der Waals surface area contributed by atoms with Crippen LogP contribution in [-0.2, 0) is 0 Å². The van der Waals surface area contributed by atoms with Crippen LogP contribution in [0.2, 0.25) is 0 Å². The SMILES string of the molecule is CC(C)(C)C1CCC2(N=Cc3ccccc3O)Oc3ccccc3C(N=Cc3ccccc3O)C2C1. The molecule has 186 valence electrons. The standard InChI is InChI=1S/C31H34N2O3/c1-30(2,3)23-16-17-31(33-20-22-11-5-8-14-27(22)35)25(18-23)29(24-12-6-9-15-28(24)36-31)32-19-21-10-4-7-13-26(21)34/h4-15,19-20,23,25,29,34-35H,16-18H2,1-3H3. The second-order valence-electron chi connectivity index (χ2n) is 11.0. The van der Waals surface area contributed by atoms with Crippen molar-refractivity contribution in [1.29, 1.82) is 0 Å². The Morgan fingerprint density at radius 3 is 2.14 bits per heavy atom. The molecular formula is C31H34N2O3. The van der Waals surface area contributed by atoms with E-state index in [9.17, 15) is 10.2 Å². The number of fused-ring (bicyclic) bond motifs is 2. The van der Waals surface area contributed by atoms with Gasteiger partial charge in [0.1, 0.15) is 17.2 Å². The Morgan fingerprint density at radius 2 is 1.47 bits per heavy atom. The summed E-state index contributed by atoms with van der Waals surface area (Å²) < 4.78 is 6.75. The second kappa shape index (κ2) is 9.45. The van der Waals surface area contributed by atoms with E-state index >= 15 is 0 Å². The molecule has 1 saturated carbocycles. The molecule has 3 aromatic carbocycles. The fourth-order valence-electron chi connectivity index (χ4n) is 5.59. The first-order valence-corrected chi connectivity index (χ1v) is 12.7. The Hall–Kier alpha value is -3.60. The maximum absolute atomic E-state index is 10.3. The van der Waals surface area contributed by atoms with Gasteiger partial charge in [0.2, 0.25) is 5.72 Å². The number of benzene rings is 3. The van der Waals surface area contributed by atoms with E-state index in [0.29, 0.717) is 17.0 Å². The average Bonchev–Trinajstić information content (AvgIpc) is 2.86. The summed E-state index contributed by atoms with van der Waals surface area (Å²) >= 11 is 0. The molecule has 3 aromatic rings. The molecule has 0 saturated heterocycles. The van der Waals surface area contributed by atoms with Gasteiger partial charge in [-0.15, -0.1) is 0 Å². The molecule has 5 heteroatoms. The van der Waals surface area contributed by atoms with Gasteiger partial charge in [-0.3, -0.25) is 4.99 Å². The van der Waals surface area contributed by atoms with Crippen molar-refractivity contribution in [3.63, 3.8) is 0 Å². The van der Waals surface area contributed by atoms with Crippen molar-refractivity contribution in [2.24, 2.45) is 27.2 Å². The highest BCUT2D eigenvalue weighted by atomic mass is 16.5. The van der Waals surface area contributed by atoms with Gasteiger partial charge in [0, 0.05) is 41.5 Å². The van der Waals surface area contributed by atoms with Crippen molar-refractivity contribution < 1.29 is 14.9 Å². The first-order chi connectivity index (χ1) is 17.3. The van der Waals surface area contributed by atoms with E-state index in [1.165, 1.54) is 0 Å². The zero-order valence-corrected chi connectivity index (χ0v) is 21.1. The predicted octanol–water partition coefficient (Wildman–Crippen LogP) is 6.93. The third kappa shape index (κ3) is 4.62. The minimum Gasteiger partial charge on any atom is -0.507 e. The van der Waals surface area contributed by atoms with E-state index in [4.69, 9.17) is 14.7 Å². The first-order valence-electron chi connectivity index (χ1n) is 12.7. The molecule has 1 aliphatic carbocycles. The lowest BCUT2D eigenvalue weighted by Gasteiger charge is -2.51. The highest BCUT2D eigenvalue weighted by Gasteiger charge is 2.54. The Bertz CT molecular complexity index is 1290. The predicted molar refractivity (Wildman–Crippen MR) is 144 cm³/mol. The molecule has 2 aliphatic rings. The molecular weight excluding hydrogens is 448 g/mol. The molecule has 1 heterocycles. The van der Waals surface area contributed by atoms with E-state index in [-0.39, 0.29) is 28.9 Å². The number of nitrogens with zero attached hydrogens (tertiary/aromatic N) is 2. The van der Waals surface area contributed by atoms with Crippen molar-refractivity contribution in [2.45, 2.75) is 51.8 Å². The van der Waals surface area contributed by atoms with Gasteiger partial charge in [0.15, 0.2) is 0 Å². The van der Waals surface area contributed by atoms with Crippen LogP contribution < -0.4 is 4.74 Å². The highest BCUT2D eigenvalue weighted by Crippen LogP contribution is 2.56.